The van der Waals surface area contributed by atoms with Gasteiger partial charge in [-0.25, -0.2) is 0 Å². The summed E-state index contributed by atoms with van der Waals surface area (Å²) < 4.78 is 6.81. The molecule has 0 spiro atoms. The average Bonchev–Trinajstić information content (AvgIpc) is 2.82. The van der Waals surface area contributed by atoms with Gasteiger partial charge in [0.15, 0.2) is 5.78 Å². The van der Waals surface area contributed by atoms with Crippen LogP contribution in [0.25, 0.3) is 10.9 Å². The first-order valence-corrected chi connectivity index (χ1v) is 10.6. The van der Waals surface area contributed by atoms with Crippen LogP contribution in [-0.2, 0) is 11.3 Å². The van der Waals surface area contributed by atoms with Gasteiger partial charge in [-0.1, -0.05) is 30.3 Å². The number of nitrogens with zero attached hydrogens (tertiary/aromatic N) is 1. The van der Waals surface area contributed by atoms with Gasteiger partial charge in [-0.2, -0.15) is 0 Å². The molecule has 0 atom stereocenters. The topological polar surface area (TPSA) is 77.4 Å². The average molecular weight is 440 g/mol. The Kier molecular flexibility index (Phi) is 6.09. The molecule has 1 N–H and O–H groups in total. The van der Waals surface area contributed by atoms with Crippen molar-refractivity contribution < 1.29 is 14.3 Å². The van der Waals surface area contributed by atoms with E-state index >= 15 is 0 Å². The monoisotopic (exact) mass is 440 g/mol. The van der Waals surface area contributed by atoms with Gasteiger partial charge in [0.1, 0.15) is 12.3 Å². The molecule has 0 aliphatic rings. The number of carbonyl (C=O) groups excluding carboxylic acids is 2. The molecule has 0 aliphatic carbocycles. The minimum Gasteiger partial charge on any atom is -0.497 e. The molecule has 1 heterocycles. The molecule has 6 heteroatoms. The maximum atomic E-state index is 13.2. The first-order valence-electron chi connectivity index (χ1n) is 10.6. The largest absolute Gasteiger partial charge is 0.497 e. The van der Waals surface area contributed by atoms with Crippen LogP contribution in [0.2, 0.25) is 0 Å². The molecule has 0 saturated heterocycles. The second-order valence-corrected chi connectivity index (χ2v) is 7.93. The first kappa shape index (κ1) is 22.0. The van der Waals surface area contributed by atoms with Crippen molar-refractivity contribution in [1.29, 1.82) is 0 Å². The van der Waals surface area contributed by atoms with Crippen molar-refractivity contribution in [3.05, 3.63) is 105 Å². The van der Waals surface area contributed by atoms with Crippen molar-refractivity contribution >= 4 is 28.3 Å². The second kappa shape index (κ2) is 9.12. The Bertz CT molecular complexity index is 1400. The highest BCUT2D eigenvalue weighted by atomic mass is 16.5. The Balaban J connectivity index is 1.76. The lowest BCUT2D eigenvalue weighted by atomic mass is 10.00. The number of benzene rings is 3. The summed E-state index contributed by atoms with van der Waals surface area (Å²) in [6, 6.07) is 19.3. The molecule has 0 bridgehead atoms. The SMILES string of the molecule is COc1ccc(NC(=O)Cn2cc(C(=O)c3ccccc3)c(=O)c3cc(C)c(C)cc32)cc1. The Morgan fingerprint density at radius 3 is 2.27 bits per heavy atom. The molecule has 0 saturated carbocycles. The molecule has 0 unspecified atom stereocenters. The Labute approximate surface area is 191 Å². The van der Waals surface area contributed by atoms with Crippen molar-refractivity contribution in [1.82, 2.24) is 4.57 Å². The third-order valence-corrected chi connectivity index (χ3v) is 5.66. The van der Waals surface area contributed by atoms with Gasteiger partial charge in [-0.15, -0.1) is 0 Å². The molecular weight excluding hydrogens is 416 g/mol. The van der Waals surface area contributed by atoms with Crippen LogP contribution in [0.1, 0.15) is 27.0 Å². The molecule has 6 nitrogen and oxygen atoms in total. The maximum absolute atomic E-state index is 13.2. The Morgan fingerprint density at radius 2 is 1.61 bits per heavy atom. The van der Waals surface area contributed by atoms with Crippen LogP contribution in [0.15, 0.2) is 77.7 Å². The molecule has 3 aromatic carbocycles. The fourth-order valence-corrected chi connectivity index (χ4v) is 3.72. The van der Waals surface area contributed by atoms with Crippen LogP contribution in [0.3, 0.4) is 0 Å². The second-order valence-electron chi connectivity index (χ2n) is 7.93. The molecule has 33 heavy (non-hydrogen) atoms. The number of ether oxygens (including phenoxy) is 1. The van der Waals surface area contributed by atoms with Crippen LogP contribution >= 0.6 is 0 Å². The standard InChI is InChI=1S/C27H24N2O4/c1-17-13-22-24(14-18(17)2)29(16-25(30)28-20-9-11-21(33-3)12-10-20)15-23(27(22)32)26(31)19-7-5-4-6-8-19/h4-15H,16H2,1-3H3,(H,28,30). The van der Waals surface area contributed by atoms with Crippen molar-refractivity contribution in [3.8, 4) is 5.75 Å². The lowest BCUT2D eigenvalue weighted by molar-refractivity contribution is -0.116. The number of carbonyl (C=O) groups is 2. The summed E-state index contributed by atoms with van der Waals surface area (Å²) >= 11 is 0. The summed E-state index contributed by atoms with van der Waals surface area (Å²) in [6.07, 6.45) is 1.49. The number of amides is 1. The van der Waals surface area contributed by atoms with E-state index < -0.39 is 0 Å². The number of aryl methyl sites for hydroxylation is 2. The van der Waals surface area contributed by atoms with Gasteiger partial charge in [0.2, 0.25) is 11.3 Å². The molecule has 4 aromatic rings. The molecule has 166 valence electrons. The summed E-state index contributed by atoms with van der Waals surface area (Å²) in [5.41, 5.74) is 3.29. The van der Waals surface area contributed by atoms with Crippen LogP contribution < -0.4 is 15.5 Å². The number of nitrogens with one attached hydrogen (secondary N) is 1. The predicted molar refractivity (Wildman–Crippen MR) is 129 cm³/mol. The molecule has 4 rings (SSSR count). The summed E-state index contributed by atoms with van der Waals surface area (Å²) in [4.78, 5) is 39.2. The van der Waals surface area contributed by atoms with Gasteiger partial charge in [-0.05, 0) is 61.4 Å². The number of hydrogen-bond donors (Lipinski definition) is 1. The van der Waals surface area contributed by atoms with Crippen LogP contribution in [-0.4, -0.2) is 23.4 Å². The molecule has 1 amide bonds. The normalized spacial score (nSPS) is 10.8. The van der Waals surface area contributed by atoms with Gasteiger partial charge in [-0.3, -0.25) is 14.4 Å². The van der Waals surface area contributed by atoms with E-state index in [2.05, 4.69) is 5.32 Å². The van der Waals surface area contributed by atoms with Gasteiger partial charge >= 0.3 is 0 Å². The van der Waals surface area contributed by atoms with Crippen LogP contribution in [0.4, 0.5) is 5.69 Å². The van der Waals surface area contributed by atoms with Crippen molar-refractivity contribution in [3.63, 3.8) is 0 Å². The number of pyridine rings is 1. The zero-order valence-corrected chi connectivity index (χ0v) is 18.7. The highest BCUT2D eigenvalue weighted by Crippen LogP contribution is 2.20. The highest BCUT2D eigenvalue weighted by Gasteiger charge is 2.19. The lowest BCUT2D eigenvalue weighted by Gasteiger charge is -2.15. The van der Waals surface area contributed by atoms with E-state index in [4.69, 9.17) is 4.74 Å². The van der Waals surface area contributed by atoms with Crippen molar-refractivity contribution in [2.75, 3.05) is 12.4 Å². The minimum absolute atomic E-state index is 0.0363. The van der Waals surface area contributed by atoms with Crippen molar-refractivity contribution in [2.45, 2.75) is 20.4 Å². The molecule has 0 radical (unpaired) electrons. The minimum atomic E-state index is -0.370. The third kappa shape index (κ3) is 4.55. The fraction of sp³-hybridized carbons (Fsp3) is 0.148. The maximum Gasteiger partial charge on any atom is 0.244 e. The number of aromatic nitrogens is 1. The van der Waals surface area contributed by atoms with E-state index in [1.54, 1.807) is 66.3 Å². The fourth-order valence-electron chi connectivity index (χ4n) is 3.72. The number of ketones is 1. The summed E-state index contributed by atoms with van der Waals surface area (Å²) in [5.74, 6) is 0.0424. The quantitative estimate of drug-likeness (QED) is 0.448. The van der Waals surface area contributed by atoms with E-state index in [1.165, 1.54) is 6.20 Å². The van der Waals surface area contributed by atoms with E-state index in [0.29, 0.717) is 27.9 Å². The van der Waals surface area contributed by atoms with Gasteiger partial charge < -0.3 is 14.6 Å². The van der Waals surface area contributed by atoms with E-state index in [9.17, 15) is 14.4 Å². The number of rotatable bonds is 6. The molecular formula is C27H24N2O4. The molecule has 1 aromatic heterocycles. The first-order chi connectivity index (χ1) is 15.9. The van der Waals surface area contributed by atoms with E-state index in [1.807, 2.05) is 26.0 Å². The van der Waals surface area contributed by atoms with Gasteiger partial charge in [0, 0.05) is 22.8 Å². The smallest absolute Gasteiger partial charge is 0.244 e. The Hall–Kier alpha value is -4.19. The van der Waals surface area contributed by atoms with Gasteiger partial charge in [0.25, 0.3) is 0 Å². The zero-order valence-electron chi connectivity index (χ0n) is 18.7. The predicted octanol–water partition coefficient (Wildman–Crippen LogP) is 4.50. The lowest BCUT2D eigenvalue weighted by Crippen LogP contribution is -2.24. The number of methoxy groups -OCH3 is 1. The number of hydrogen-bond acceptors (Lipinski definition) is 4. The van der Waals surface area contributed by atoms with E-state index in [-0.39, 0.29) is 29.2 Å². The van der Waals surface area contributed by atoms with Crippen LogP contribution in [0.5, 0.6) is 5.75 Å². The number of fused-ring (bicyclic) bond motifs is 1. The molecule has 0 fully saturated rings. The summed E-state index contributed by atoms with van der Waals surface area (Å²) in [5, 5.41) is 3.26. The highest BCUT2D eigenvalue weighted by molar-refractivity contribution is 6.10. The van der Waals surface area contributed by atoms with E-state index in [0.717, 1.165) is 11.1 Å². The zero-order chi connectivity index (χ0) is 23.5. The van der Waals surface area contributed by atoms with Gasteiger partial charge in [0.05, 0.1) is 18.2 Å². The number of anilines is 1. The Morgan fingerprint density at radius 1 is 0.939 bits per heavy atom. The van der Waals surface area contributed by atoms with Crippen molar-refractivity contribution in [2.24, 2.45) is 0 Å². The summed E-state index contributed by atoms with van der Waals surface area (Å²) in [6.45, 7) is 3.81. The summed E-state index contributed by atoms with van der Waals surface area (Å²) in [7, 11) is 1.58. The van der Waals surface area contributed by atoms with Crippen LogP contribution in [0, 0.1) is 13.8 Å². The molecule has 0 aliphatic heterocycles. The third-order valence-electron chi connectivity index (χ3n) is 5.66.